The minimum atomic E-state index is -0.0438. The molecule has 3 rings (SSSR count). The van der Waals surface area contributed by atoms with Crippen molar-refractivity contribution in [2.75, 3.05) is 19.9 Å². The van der Waals surface area contributed by atoms with Gasteiger partial charge in [0.1, 0.15) is 0 Å². The van der Waals surface area contributed by atoms with Crippen LogP contribution in [-0.2, 0) is 11.3 Å². The second kappa shape index (κ2) is 6.57. The zero-order chi connectivity index (χ0) is 15.5. The van der Waals surface area contributed by atoms with Crippen molar-refractivity contribution in [3.63, 3.8) is 0 Å². The average molecular weight is 304 g/mol. The van der Waals surface area contributed by atoms with E-state index in [-0.39, 0.29) is 18.7 Å². The summed E-state index contributed by atoms with van der Waals surface area (Å²) in [6, 6.07) is 5.84. The van der Waals surface area contributed by atoms with Crippen LogP contribution in [0.5, 0.6) is 11.5 Å². The van der Waals surface area contributed by atoms with Crippen molar-refractivity contribution in [1.82, 2.24) is 10.2 Å². The second-order valence-electron chi connectivity index (χ2n) is 6.18. The molecule has 0 spiro atoms. The Hall–Kier alpha value is -1.75. The molecule has 2 aliphatic rings. The SMILES string of the molecule is CCN(Cc1ccc2c(c1)OCO2)C(=O)C1CC(C)CCN1. The van der Waals surface area contributed by atoms with Gasteiger partial charge in [-0.05, 0) is 49.9 Å². The Balaban J connectivity index is 1.67. The van der Waals surface area contributed by atoms with Gasteiger partial charge in [-0.1, -0.05) is 13.0 Å². The van der Waals surface area contributed by atoms with Gasteiger partial charge in [0.2, 0.25) is 12.7 Å². The van der Waals surface area contributed by atoms with Gasteiger partial charge in [-0.3, -0.25) is 4.79 Å². The van der Waals surface area contributed by atoms with Gasteiger partial charge in [-0.15, -0.1) is 0 Å². The van der Waals surface area contributed by atoms with Crippen LogP contribution in [0.4, 0.5) is 0 Å². The van der Waals surface area contributed by atoms with Crippen LogP contribution in [0.15, 0.2) is 18.2 Å². The fourth-order valence-corrected chi connectivity index (χ4v) is 3.12. The molecule has 1 N–H and O–H groups in total. The number of fused-ring (bicyclic) bond motifs is 1. The van der Waals surface area contributed by atoms with Crippen molar-refractivity contribution in [3.05, 3.63) is 23.8 Å². The van der Waals surface area contributed by atoms with Gasteiger partial charge < -0.3 is 19.7 Å². The molecule has 22 heavy (non-hydrogen) atoms. The van der Waals surface area contributed by atoms with Crippen LogP contribution in [0.1, 0.15) is 32.3 Å². The summed E-state index contributed by atoms with van der Waals surface area (Å²) in [5.74, 6) is 2.36. The van der Waals surface area contributed by atoms with E-state index in [1.165, 1.54) is 0 Å². The minimum Gasteiger partial charge on any atom is -0.454 e. The number of likely N-dealkylation sites (N-methyl/N-ethyl adjacent to an activating group) is 1. The van der Waals surface area contributed by atoms with Crippen molar-refractivity contribution in [3.8, 4) is 11.5 Å². The van der Waals surface area contributed by atoms with Gasteiger partial charge in [0.15, 0.2) is 11.5 Å². The summed E-state index contributed by atoms with van der Waals surface area (Å²) < 4.78 is 10.7. The Kier molecular flexibility index (Phi) is 4.52. The Morgan fingerprint density at radius 3 is 2.95 bits per heavy atom. The molecule has 120 valence electrons. The summed E-state index contributed by atoms with van der Waals surface area (Å²) in [4.78, 5) is 14.6. The number of hydrogen-bond donors (Lipinski definition) is 1. The highest BCUT2D eigenvalue weighted by atomic mass is 16.7. The topological polar surface area (TPSA) is 50.8 Å². The van der Waals surface area contributed by atoms with Gasteiger partial charge in [-0.2, -0.15) is 0 Å². The van der Waals surface area contributed by atoms with Crippen LogP contribution in [-0.4, -0.2) is 36.7 Å². The Labute approximate surface area is 131 Å². The highest BCUT2D eigenvalue weighted by Crippen LogP contribution is 2.32. The van der Waals surface area contributed by atoms with Crippen LogP contribution >= 0.6 is 0 Å². The smallest absolute Gasteiger partial charge is 0.240 e. The van der Waals surface area contributed by atoms with Gasteiger partial charge in [0, 0.05) is 13.1 Å². The van der Waals surface area contributed by atoms with Crippen molar-refractivity contribution < 1.29 is 14.3 Å². The molecule has 1 fully saturated rings. The van der Waals surface area contributed by atoms with Crippen LogP contribution in [0.25, 0.3) is 0 Å². The molecule has 1 amide bonds. The van der Waals surface area contributed by atoms with Crippen LogP contribution in [0.2, 0.25) is 0 Å². The Morgan fingerprint density at radius 1 is 1.36 bits per heavy atom. The highest BCUT2D eigenvalue weighted by molar-refractivity contribution is 5.82. The quantitative estimate of drug-likeness (QED) is 0.926. The zero-order valence-corrected chi connectivity index (χ0v) is 13.3. The first-order valence-electron chi connectivity index (χ1n) is 8.08. The lowest BCUT2D eigenvalue weighted by molar-refractivity contribution is -0.134. The number of carbonyl (C=O) groups excluding carboxylic acids is 1. The molecule has 2 unspecified atom stereocenters. The molecule has 0 saturated carbocycles. The van der Waals surface area contributed by atoms with E-state index in [9.17, 15) is 4.79 Å². The standard InChI is InChI=1S/C17H24N2O3/c1-3-19(17(20)14-8-12(2)6-7-18-14)10-13-4-5-15-16(9-13)22-11-21-15/h4-5,9,12,14,18H,3,6-8,10-11H2,1-2H3. The van der Waals surface area contributed by atoms with E-state index in [0.717, 1.165) is 36.4 Å². The van der Waals surface area contributed by atoms with Gasteiger partial charge in [0.25, 0.3) is 0 Å². The molecule has 0 aliphatic carbocycles. The fraction of sp³-hybridized carbons (Fsp3) is 0.588. The number of nitrogens with one attached hydrogen (secondary N) is 1. The maximum Gasteiger partial charge on any atom is 0.240 e. The zero-order valence-electron chi connectivity index (χ0n) is 13.3. The molecule has 1 aromatic rings. The summed E-state index contributed by atoms with van der Waals surface area (Å²) in [5.41, 5.74) is 1.07. The molecular weight excluding hydrogens is 280 g/mol. The van der Waals surface area contributed by atoms with E-state index in [1.54, 1.807) is 0 Å². The molecule has 2 atom stereocenters. The van der Waals surface area contributed by atoms with Crippen LogP contribution < -0.4 is 14.8 Å². The van der Waals surface area contributed by atoms with E-state index >= 15 is 0 Å². The minimum absolute atomic E-state index is 0.0438. The monoisotopic (exact) mass is 304 g/mol. The van der Waals surface area contributed by atoms with Gasteiger partial charge >= 0.3 is 0 Å². The van der Waals surface area contributed by atoms with Crippen molar-refractivity contribution in [1.29, 1.82) is 0 Å². The maximum absolute atomic E-state index is 12.7. The fourth-order valence-electron chi connectivity index (χ4n) is 3.12. The normalized spacial score (nSPS) is 23.4. The largest absolute Gasteiger partial charge is 0.454 e. The number of benzene rings is 1. The van der Waals surface area contributed by atoms with E-state index in [1.807, 2.05) is 30.0 Å². The first kappa shape index (κ1) is 15.2. The summed E-state index contributed by atoms with van der Waals surface area (Å²) in [6.45, 7) is 6.77. The highest BCUT2D eigenvalue weighted by Gasteiger charge is 2.28. The molecule has 0 bridgehead atoms. The molecule has 2 heterocycles. The third-order valence-corrected chi connectivity index (χ3v) is 4.47. The molecule has 5 nitrogen and oxygen atoms in total. The van der Waals surface area contributed by atoms with Crippen LogP contribution in [0.3, 0.4) is 0 Å². The van der Waals surface area contributed by atoms with E-state index < -0.39 is 0 Å². The van der Waals surface area contributed by atoms with E-state index in [2.05, 4.69) is 12.2 Å². The lowest BCUT2D eigenvalue weighted by Crippen LogP contribution is -2.49. The molecular formula is C17H24N2O3. The van der Waals surface area contributed by atoms with E-state index in [4.69, 9.17) is 9.47 Å². The summed E-state index contributed by atoms with van der Waals surface area (Å²) in [6.07, 6.45) is 2.08. The summed E-state index contributed by atoms with van der Waals surface area (Å²) in [7, 11) is 0. The van der Waals surface area contributed by atoms with Crippen molar-refractivity contribution >= 4 is 5.91 Å². The number of ether oxygens (including phenoxy) is 2. The molecule has 2 aliphatic heterocycles. The average Bonchev–Trinajstić information content (AvgIpc) is 2.99. The number of amides is 1. The predicted molar refractivity (Wildman–Crippen MR) is 83.8 cm³/mol. The third-order valence-electron chi connectivity index (χ3n) is 4.47. The van der Waals surface area contributed by atoms with Crippen molar-refractivity contribution in [2.24, 2.45) is 5.92 Å². The number of piperidine rings is 1. The number of nitrogens with zero attached hydrogens (tertiary/aromatic N) is 1. The summed E-state index contributed by atoms with van der Waals surface area (Å²) >= 11 is 0. The number of carbonyl (C=O) groups is 1. The summed E-state index contributed by atoms with van der Waals surface area (Å²) in [5, 5.41) is 3.36. The Morgan fingerprint density at radius 2 is 2.18 bits per heavy atom. The Bertz CT molecular complexity index is 547. The maximum atomic E-state index is 12.7. The third kappa shape index (κ3) is 3.19. The molecule has 0 aromatic heterocycles. The first-order valence-corrected chi connectivity index (χ1v) is 8.08. The lowest BCUT2D eigenvalue weighted by Gasteiger charge is -2.32. The van der Waals surface area contributed by atoms with Gasteiger partial charge in [0.05, 0.1) is 6.04 Å². The number of rotatable bonds is 4. The lowest BCUT2D eigenvalue weighted by atomic mass is 9.93. The predicted octanol–water partition coefficient (Wildman–Crippen LogP) is 2.15. The van der Waals surface area contributed by atoms with E-state index in [0.29, 0.717) is 19.0 Å². The van der Waals surface area contributed by atoms with Crippen LogP contribution in [0, 0.1) is 5.92 Å². The van der Waals surface area contributed by atoms with Gasteiger partial charge in [-0.25, -0.2) is 0 Å². The second-order valence-corrected chi connectivity index (χ2v) is 6.18. The van der Waals surface area contributed by atoms with Crippen molar-refractivity contribution in [2.45, 2.75) is 39.3 Å². The molecule has 5 heteroatoms. The molecule has 1 aromatic carbocycles. The number of hydrogen-bond acceptors (Lipinski definition) is 4. The molecule has 1 saturated heterocycles. The first-order chi connectivity index (χ1) is 10.7. The molecule has 0 radical (unpaired) electrons.